The van der Waals surface area contributed by atoms with E-state index in [-0.39, 0.29) is 5.56 Å². The molecule has 3 rings (SSSR count). The molecule has 0 atom stereocenters. The van der Waals surface area contributed by atoms with Gasteiger partial charge in [-0.25, -0.2) is 9.48 Å². The van der Waals surface area contributed by atoms with Gasteiger partial charge in [-0.3, -0.25) is 0 Å². The molecule has 0 aliphatic carbocycles. The van der Waals surface area contributed by atoms with Crippen LogP contribution in [0.1, 0.15) is 15.9 Å². The molecule has 106 valence electrons. The standard InChI is InChI=1S/C14H9BrClN3O2/c1-7-5-9(15)12(6-10(7)16)19-11-4-2-3-8(14(20)21)13(11)17-18-19/h2-6H,1H3,(H,20,21). The molecule has 0 saturated carbocycles. The molecule has 5 nitrogen and oxygen atoms in total. The van der Waals surface area contributed by atoms with Gasteiger partial charge in [0.05, 0.1) is 16.8 Å². The summed E-state index contributed by atoms with van der Waals surface area (Å²) in [6.07, 6.45) is 0. The number of nitrogens with zero attached hydrogens (tertiary/aromatic N) is 3. The molecule has 1 aromatic heterocycles. The van der Waals surface area contributed by atoms with E-state index < -0.39 is 5.97 Å². The van der Waals surface area contributed by atoms with Crippen molar-refractivity contribution in [1.82, 2.24) is 15.0 Å². The van der Waals surface area contributed by atoms with E-state index in [2.05, 4.69) is 26.2 Å². The van der Waals surface area contributed by atoms with Crippen LogP contribution in [0.5, 0.6) is 0 Å². The van der Waals surface area contributed by atoms with Crippen molar-refractivity contribution in [3.8, 4) is 5.69 Å². The van der Waals surface area contributed by atoms with Gasteiger partial charge in [-0.05, 0) is 52.7 Å². The van der Waals surface area contributed by atoms with E-state index >= 15 is 0 Å². The van der Waals surface area contributed by atoms with Crippen LogP contribution in [0.25, 0.3) is 16.7 Å². The molecular formula is C14H9BrClN3O2. The second-order valence-electron chi connectivity index (χ2n) is 4.53. The summed E-state index contributed by atoms with van der Waals surface area (Å²) >= 11 is 9.63. The minimum absolute atomic E-state index is 0.119. The van der Waals surface area contributed by atoms with Crippen molar-refractivity contribution in [1.29, 1.82) is 0 Å². The third-order valence-corrected chi connectivity index (χ3v) is 4.21. The second kappa shape index (κ2) is 5.13. The molecule has 0 amide bonds. The Balaban J connectivity index is 2.30. The fraction of sp³-hybridized carbons (Fsp3) is 0.0714. The predicted octanol–water partition coefficient (Wildman–Crippen LogP) is 3.84. The van der Waals surface area contributed by atoms with Gasteiger partial charge in [0.15, 0.2) is 0 Å². The highest BCUT2D eigenvalue weighted by Crippen LogP contribution is 2.30. The Morgan fingerprint density at radius 3 is 2.86 bits per heavy atom. The van der Waals surface area contributed by atoms with Crippen molar-refractivity contribution in [2.45, 2.75) is 6.92 Å². The molecule has 0 fully saturated rings. The maximum atomic E-state index is 11.2. The molecule has 0 bridgehead atoms. The predicted molar refractivity (Wildman–Crippen MR) is 83.3 cm³/mol. The van der Waals surface area contributed by atoms with Gasteiger partial charge >= 0.3 is 5.97 Å². The summed E-state index contributed by atoms with van der Waals surface area (Å²) in [5.74, 6) is -1.03. The van der Waals surface area contributed by atoms with Gasteiger partial charge in [-0.1, -0.05) is 22.9 Å². The summed E-state index contributed by atoms with van der Waals surface area (Å²) in [4.78, 5) is 11.2. The van der Waals surface area contributed by atoms with E-state index in [1.807, 2.05) is 13.0 Å². The second-order valence-corrected chi connectivity index (χ2v) is 5.79. The highest BCUT2D eigenvalue weighted by molar-refractivity contribution is 9.10. The lowest BCUT2D eigenvalue weighted by atomic mass is 10.2. The zero-order chi connectivity index (χ0) is 15.1. The molecule has 0 aliphatic rings. The molecule has 2 aromatic carbocycles. The van der Waals surface area contributed by atoms with Crippen molar-refractivity contribution < 1.29 is 9.90 Å². The summed E-state index contributed by atoms with van der Waals surface area (Å²) in [6.45, 7) is 1.90. The van der Waals surface area contributed by atoms with Crippen molar-refractivity contribution in [2.24, 2.45) is 0 Å². The molecule has 21 heavy (non-hydrogen) atoms. The molecular weight excluding hydrogens is 358 g/mol. The van der Waals surface area contributed by atoms with Crippen molar-refractivity contribution in [3.05, 3.63) is 51.0 Å². The molecule has 0 radical (unpaired) electrons. The van der Waals surface area contributed by atoms with Gasteiger partial charge in [0.25, 0.3) is 0 Å². The Bertz CT molecular complexity index is 876. The fourth-order valence-electron chi connectivity index (χ4n) is 2.09. The first-order chi connectivity index (χ1) is 9.99. The van der Waals surface area contributed by atoms with Crippen LogP contribution in [0.15, 0.2) is 34.8 Å². The molecule has 0 spiro atoms. The highest BCUT2D eigenvalue weighted by Gasteiger charge is 2.16. The lowest BCUT2D eigenvalue weighted by Crippen LogP contribution is -1.99. The van der Waals surface area contributed by atoms with E-state index in [0.29, 0.717) is 21.7 Å². The van der Waals surface area contributed by atoms with E-state index in [1.54, 1.807) is 22.9 Å². The van der Waals surface area contributed by atoms with E-state index in [1.165, 1.54) is 6.07 Å². The van der Waals surface area contributed by atoms with Crippen LogP contribution >= 0.6 is 27.5 Å². The Hall–Kier alpha value is -1.92. The van der Waals surface area contributed by atoms with Gasteiger partial charge in [0.1, 0.15) is 5.52 Å². The quantitative estimate of drug-likeness (QED) is 0.748. The number of aryl methyl sites for hydroxylation is 1. The number of aromatic carboxylic acids is 1. The molecule has 0 aliphatic heterocycles. The van der Waals surface area contributed by atoms with Crippen LogP contribution in [0, 0.1) is 6.92 Å². The lowest BCUT2D eigenvalue weighted by Gasteiger charge is -2.08. The lowest BCUT2D eigenvalue weighted by molar-refractivity contribution is 0.0699. The maximum absolute atomic E-state index is 11.2. The van der Waals surface area contributed by atoms with E-state index in [0.717, 1.165) is 10.0 Å². The number of fused-ring (bicyclic) bond motifs is 1. The fourth-order valence-corrected chi connectivity index (χ4v) is 2.88. The van der Waals surface area contributed by atoms with Gasteiger partial charge in [-0.2, -0.15) is 0 Å². The monoisotopic (exact) mass is 365 g/mol. The van der Waals surface area contributed by atoms with Gasteiger partial charge < -0.3 is 5.11 Å². The zero-order valence-corrected chi connectivity index (χ0v) is 13.2. The van der Waals surface area contributed by atoms with Gasteiger partial charge in [-0.15, -0.1) is 5.10 Å². The molecule has 0 unspecified atom stereocenters. The number of hydrogen-bond acceptors (Lipinski definition) is 3. The summed E-state index contributed by atoms with van der Waals surface area (Å²) in [7, 11) is 0. The smallest absolute Gasteiger partial charge is 0.338 e. The van der Waals surface area contributed by atoms with Crippen LogP contribution in [-0.2, 0) is 0 Å². The summed E-state index contributed by atoms with van der Waals surface area (Å²) in [5.41, 5.74) is 2.70. The molecule has 0 saturated heterocycles. The minimum Gasteiger partial charge on any atom is -0.478 e. The average molecular weight is 367 g/mol. The molecule has 1 heterocycles. The number of carbonyl (C=O) groups is 1. The van der Waals surface area contributed by atoms with Crippen molar-refractivity contribution in [3.63, 3.8) is 0 Å². The number of benzene rings is 2. The molecule has 1 N–H and O–H groups in total. The van der Waals surface area contributed by atoms with Crippen LogP contribution in [-0.4, -0.2) is 26.1 Å². The third-order valence-electron chi connectivity index (χ3n) is 3.16. The largest absolute Gasteiger partial charge is 0.478 e. The molecule has 3 aromatic rings. The number of carboxylic acids is 1. The minimum atomic E-state index is -1.03. The van der Waals surface area contributed by atoms with E-state index in [4.69, 9.17) is 11.6 Å². The van der Waals surface area contributed by atoms with E-state index in [9.17, 15) is 9.90 Å². The van der Waals surface area contributed by atoms with Crippen LogP contribution < -0.4 is 0 Å². The first-order valence-corrected chi connectivity index (χ1v) is 7.20. The number of carboxylic acid groups (broad SMARTS) is 1. The summed E-state index contributed by atoms with van der Waals surface area (Å²) in [6, 6.07) is 8.58. The first kappa shape index (κ1) is 14.0. The number of rotatable bonds is 2. The van der Waals surface area contributed by atoms with Gasteiger partial charge in [0, 0.05) is 9.50 Å². The number of aromatic nitrogens is 3. The Kier molecular flexibility index (Phi) is 3.43. The van der Waals surface area contributed by atoms with Crippen molar-refractivity contribution >= 4 is 44.5 Å². The van der Waals surface area contributed by atoms with Crippen molar-refractivity contribution in [2.75, 3.05) is 0 Å². The number of halogens is 2. The summed E-state index contributed by atoms with van der Waals surface area (Å²) < 4.78 is 2.37. The van der Waals surface area contributed by atoms with Crippen LogP contribution in [0.2, 0.25) is 5.02 Å². The normalized spacial score (nSPS) is 11.0. The Morgan fingerprint density at radius 2 is 2.14 bits per heavy atom. The third kappa shape index (κ3) is 2.30. The highest BCUT2D eigenvalue weighted by atomic mass is 79.9. The van der Waals surface area contributed by atoms with Gasteiger partial charge in [0.2, 0.25) is 0 Å². The molecule has 7 heteroatoms. The Morgan fingerprint density at radius 1 is 1.38 bits per heavy atom. The average Bonchev–Trinajstić information content (AvgIpc) is 2.86. The topological polar surface area (TPSA) is 68.0 Å². The van der Waals surface area contributed by atoms with Crippen LogP contribution in [0.4, 0.5) is 0 Å². The SMILES string of the molecule is Cc1cc(Br)c(-n2nnc3c(C(=O)O)cccc32)cc1Cl. The number of hydrogen-bond donors (Lipinski definition) is 1. The maximum Gasteiger partial charge on any atom is 0.338 e. The first-order valence-electron chi connectivity index (χ1n) is 6.03. The summed E-state index contributed by atoms with van der Waals surface area (Å²) in [5, 5.41) is 17.8. The Labute approximate surface area is 133 Å². The zero-order valence-electron chi connectivity index (χ0n) is 10.8. The van der Waals surface area contributed by atoms with Crippen LogP contribution in [0.3, 0.4) is 0 Å².